The largest absolute Gasteiger partial charge is 0.493 e. The number of rotatable bonds is 7. The SMILES string of the molecule is COc1ccc(CCN(C)C2CCCN(C(=O)C=C(C)C)C2)cc1OC. The van der Waals surface area contributed by atoms with Crippen LogP contribution >= 0.6 is 0 Å². The predicted octanol–water partition coefficient (Wildman–Crippen LogP) is 3.14. The van der Waals surface area contributed by atoms with Crippen molar-refractivity contribution in [1.29, 1.82) is 0 Å². The number of benzene rings is 1. The monoisotopic (exact) mass is 360 g/mol. The van der Waals surface area contributed by atoms with Gasteiger partial charge in [-0.3, -0.25) is 4.79 Å². The Balaban J connectivity index is 1.92. The zero-order valence-corrected chi connectivity index (χ0v) is 16.7. The van der Waals surface area contributed by atoms with E-state index in [0.29, 0.717) is 6.04 Å². The van der Waals surface area contributed by atoms with Gasteiger partial charge < -0.3 is 19.3 Å². The lowest BCUT2D eigenvalue weighted by atomic mass is 10.0. The molecule has 1 unspecified atom stereocenters. The molecule has 1 aromatic rings. The Bertz CT molecular complexity index is 638. The number of carbonyl (C=O) groups excluding carboxylic acids is 1. The highest BCUT2D eigenvalue weighted by atomic mass is 16.5. The average Bonchev–Trinajstić information content (AvgIpc) is 2.65. The molecule has 1 atom stereocenters. The van der Waals surface area contributed by atoms with Gasteiger partial charge >= 0.3 is 0 Å². The minimum Gasteiger partial charge on any atom is -0.493 e. The molecule has 1 fully saturated rings. The second-order valence-corrected chi connectivity index (χ2v) is 7.22. The first-order valence-corrected chi connectivity index (χ1v) is 9.29. The topological polar surface area (TPSA) is 42.0 Å². The van der Waals surface area contributed by atoms with Gasteiger partial charge in [0.1, 0.15) is 0 Å². The number of hydrogen-bond donors (Lipinski definition) is 0. The second-order valence-electron chi connectivity index (χ2n) is 7.22. The Morgan fingerprint density at radius 2 is 2.00 bits per heavy atom. The summed E-state index contributed by atoms with van der Waals surface area (Å²) in [5.74, 6) is 1.66. The summed E-state index contributed by atoms with van der Waals surface area (Å²) >= 11 is 0. The van der Waals surface area contributed by atoms with E-state index in [-0.39, 0.29) is 5.91 Å². The molecule has 26 heavy (non-hydrogen) atoms. The Hall–Kier alpha value is -2.01. The standard InChI is InChI=1S/C21H32N2O3/c1-16(2)13-21(24)23-11-6-7-18(15-23)22(3)12-10-17-8-9-19(25-4)20(14-17)26-5/h8-9,13-14,18H,6-7,10-12,15H2,1-5H3. The number of amides is 1. The van der Waals surface area contributed by atoms with Crippen molar-refractivity contribution in [2.24, 2.45) is 0 Å². The number of allylic oxidation sites excluding steroid dienone is 1. The molecule has 1 amide bonds. The molecule has 5 nitrogen and oxygen atoms in total. The summed E-state index contributed by atoms with van der Waals surface area (Å²) in [6.45, 7) is 6.56. The summed E-state index contributed by atoms with van der Waals surface area (Å²) in [5, 5.41) is 0. The molecule has 144 valence electrons. The Kier molecular flexibility index (Phi) is 7.51. The molecule has 1 heterocycles. The van der Waals surface area contributed by atoms with Crippen LogP contribution in [0.5, 0.6) is 11.5 Å². The van der Waals surface area contributed by atoms with Crippen molar-refractivity contribution in [2.45, 2.75) is 39.2 Å². The van der Waals surface area contributed by atoms with E-state index in [2.05, 4.69) is 18.0 Å². The zero-order valence-electron chi connectivity index (χ0n) is 16.7. The fourth-order valence-corrected chi connectivity index (χ4v) is 3.38. The third kappa shape index (κ3) is 5.49. The lowest BCUT2D eigenvalue weighted by Crippen LogP contribution is -2.48. The maximum atomic E-state index is 12.3. The normalized spacial score (nSPS) is 17.2. The molecule has 0 aromatic heterocycles. The predicted molar refractivity (Wildman–Crippen MR) is 105 cm³/mol. The number of hydrogen-bond acceptors (Lipinski definition) is 4. The summed E-state index contributed by atoms with van der Waals surface area (Å²) < 4.78 is 10.7. The van der Waals surface area contributed by atoms with Crippen molar-refractivity contribution >= 4 is 5.91 Å². The van der Waals surface area contributed by atoms with E-state index in [1.807, 2.05) is 30.9 Å². The highest BCUT2D eigenvalue weighted by molar-refractivity contribution is 5.88. The van der Waals surface area contributed by atoms with Crippen molar-refractivity contribution in [2.75, 3.05) is 40.9 Å². The van der Waals surface area contributed by atoms with E-state index in [1.165, 1.54) is 5.56 Å². The Morgan fingerprint density at radius 3 is 2.65 bits per heavy atom. The van der Waals surface area contributed by atoms with Crippen LogP contribution in [0.25, 0.3) is 0 Å². The van der Waals surface area contributed by atoms with Gasteiger partial charge in [0.15, 0.2) is 11.5 Å². The number of piperidine rings is 1. The lowest BCUT2D eigenvalue weighted by molar-refractivity contribution is -0.128. The Labute approximate surface area is 157 Å². The minimum atomic E-state index is 0.142. The molecule has 0 bridgehead atoms. The van der Waals surface area contributed by atoms with Crippen molar-refractivity contribution in [1.82, 2.24) is 9.80 Å². The van der Waals surface area contributed by atoms with E-state index < -0.39 is 0 Å². The number of likely N-dealkylation sites (tertiary alicyclic amines) is 1. The summed E-state index contributed by atoms with van der Waals surface area (Å²) in [4.78, 5) is 16.6. The van der Waals surface area contributed by atoms with Gasteiger partial charge in [-0.15, -0.1) is 0 Å². The molecule has 0 radical (unpaired) electrons. The van der Waals surface area contributed by atoms with Gasteiger partial charge in [-0.2, -0.15) is 0 Å². The van der Waals surface area contributed by atoms with Crippen LogP contribution in [0.3, 0.4) is 0 Å². The van der Waals surface area contributed by atoms with Crippen molar-refractivity contribution in [3.8, 4) is 11.5 Å². The molecule has 5 heteroatoms. The third-order valence-corrected chi connectivity index (χ3v) is 4.94. The van der Waals surface area contributed by atoms with Crippen molar-refractivity contribution in [3.05, 3.63) is 35.4 Å². The number of ether oxygens (including phenoxy) is 2. The van der Waals surface area contributed by atoms with Crippen LogP contribution in [0.15, 0.2) is 29.8 Å². The van der Waals surface area contributed by atoms with Crippen LogP contribution in [0, 0.1) is 0 Å². The molecule has 1 aromatic carbocycles. The van der Waals surface area contributed by atoms with Crippen molar-refractivity contribution < 1.29 is 14.3 Å². The van der Waals surface area contributed by atoms with E-state index in [1.54, 1.807) is 20.3 Å². The Morgan fingerprint density at radius 1 is 1.27 bits per heavy atom. The maximum absolute atomic E-state index is 12.3. The number of carbonyl (C=O) groups is 1. The molecule has 1 aliphatic heterocycles. The fourth-order valence-electron chi connectivity index (χ4n) is 3.38. The van der Waals surface area contributed by atoms with Gasteiger partial charge in [0.05, 0.1) is 14.2 Å². The quantitative estimate of drug-likeness (QED) is 0.701. The summed E-state index contributed by atoms with van der Waals surface area (Å²) in [6.07, 6.45) is 4.88. The van der Waals surface area contributed by atoms with Crippen LogP contribution < -0.4 is 9.47 Å². The molecule has 0 aliphatic carbocycles. The van der Waals surface area contributed by atoms with Gasteiger partial charge in [-0.1, -0.05) is 11.6 Å². The second kappa shape index (κ2) is 9.62. The van der Waals surface area contributed by atoms with E-state index in [4.69, 9.17) is 9.47 Å². The number of nitrogens with zero attached hydrogens (tertiary/aromatic N) is 2. The molecule has 1 aliphatic rings. The first-order valence-electron chi connectivity index (χ1n) is 9.29. The molecule has 0 N–H and O–H groups in total. The van der Waals surface area contributed by atoms with Crippen molar-refractivity contribution in [3.63, 3.8) is 0 Å². The number of likely N-dealkylation sites (N-methyl/N-ethyl adjacent to an activating group) is 1. The van der Waals surface area contributed by atoms with Gasteiger partial charge in [-0.05, 0) is 57.9 Å². The molecule has 2 rings (SSSR count). The van der Waals surface area contributed by atoms with E-state index >= 15 is 0 Å². The molecular weight excluding hydrogens is 328 g/mol. The number of methoxy groups -OCH3 is 2. The van der Waals surface area contributed by atoms with Crippen LogP contribution in [0.1, 0.15) is 32.3 Å². The van der Waals surface area contributed by atoms with Gasteiger partial charge in [0.2, 0.25) is 5.91 Å². The zero-order chi connectivity index (χ0) is 19.1. The smallest absolute Gasteiger partial charge is 0.246 e. The molecule has 0 saturated carbocycles. The van der Waals surface area contributed by atoms with Crippen LogP contribution in [-0.2, 0) is 11.2 Å². The van der Waals surface area contributed by atoms with Gasteiger partial charge in [0.25, 0.3) is 0 Å². The fraction of sp³-hybridized carbons (Fsp3) is 0.571. The van der Waals surface area contributed by atoms with Crippen LogP contribution in [0.2, 0.25) is 0 Å². The molecule has 0 spiro atoms. The van der Waals surface area contributed by atoms with E-state index in [9.17, 15) is 4.79 Å². The van der Waals surface area contributed by atoms with Crippen LogP contribution in [-0.4, -0.2) is 62.7 Å². The first kappa shape index (κ1) is 20.3. The first-order chi connectivity index (χ1) is 12.4. The van der Waals surface area contributed by atoms with Gasteiger partial charge in [0, 0.05) is 31.8 Å². The average molecular weight is 360 g/mol. The van der Waals surface area contributed by atoms with E-state index in [0.717, 1.165) is 56.0 Å². The summed E-state index contributed by atoms with van der Waals surface area (Å²) in [7, 11) is 5.46. The molecule has 1 saturated heterocycles. The summed E-state index contributed by atoms with van der Waals surface area (Å²) in [5.41, 5.74) is 2.28. The van der Waals surface area contributed by atoms with Crippen LogP contribution in [0.4, 0.5) is 0 Å². The lowest BCUT2D eigenvalue weighted by Gasteiger charge is -2.37. The molecular formula is C21H32N2O3. The van der Waals surface area contributed by atoms with Gasteiger partial charge in [-0.25, -0.2) is 0 Å². The maximum Gasteiger partial charge on any atom is 0.246 e. The summed E-state index contributed by atoms with van der Waals surface area (Å²) in [6, 6.07) is 6.49. The third-order valence-electron chi connectivity index (χ3n) is 4.94. The minimum absolute atomic E-state index is 0.142. The highest BCUT2D eigenvalue weighted by Gasteiger charge is 2.25. The highest BCUT2D eigenvalue weighted by Crippen LogP contribution is 2.28.